The van der Waals surface area contributed by atoms with E-state index < -0.39 is 0 Å². The average molecular weight is 236 g/mol. The smallest absolute Gasteiger partial charge is 0.163 e. The van der Waals surface area contributed by atoms with Crippen LogP contribution in [0.1, 0.15) is 35.7 Å². The van der Waals surface area contributed by atoms with Crippen LogP contribution in [0.3, 0.4) is 0 Å². The van der Waals surface area contributed by atoms with E-state index in [1.807, 2.05) is 6.08 Å². The van der Waals surface area contributed by atoms with E-state index in [0.29, 0.717) is 23.5 Å². The highest BCUT2D eigenvalue weighted by Crippen LogP contribution is 2.23. The van der Waals surface area contributed by atoms with Crippen molar-refractivity contribution in [3.05, 3.63) is 41.7 Å². The summed E-state index contributed by atoms with van der Waals surface area (Å²) in [6, 6.07) is 2.81. The van der Waals surface area contributed by atoms with Gasteiger partial charge in [-0.3, -0.25) is 4.79 Å². The highest BCUT2D eigenvalue weighted by Gasteiger charge is 2.12. The molecular weight excluding hydrogens is 219 g/mol. The van der Waals surface area contributed by atoms with Crippen molar-refractivity contribution < 1.29 is 13.9 Å². The Kier molecular flexibility index (Phi) is 4.88. The van der Waals surface area contributed by atoms with Gasteiger partial charge in [-0.05, 0) is 44.4 Å². The van der Waals surface area contributed by atoms with Gasteiger partial charge in [0.1, 0.15) is 11.6 Å². The summed E-state index contributed by atoms with van der Waals surface area (Å²) in [7, 11) is 0. The van der Waals surface area contributed by atoms with Crippen LogP contribution < -0.4 is 4.74 Å². The number of aryl methyl sites for hydroxylation is 1. The predicted octanol–water partition coefficient (Wildman–Crippen LogP) is 3.68. The summed E-state index contributed by atoms with van der Waals surface area (Å²) in [5, 5.41) is 0. The number of unbranched alkanes of at least 4 members (excludes halogenated alkanes) is 1. The topological polar surface area (TPSA) is 26.3 Å². The number of ketones is 1. The molecule has 0 bridgehead atoms. The van der Waals surface area contributed by atoms with Gasteiger partial charge in [-0.25, -0.2) is 4.39 Å². The molecule has 0 aliphatic heterocycles. The quantitative estimate of drug-likeness (QED) is 0.428. The third-order valence-corrected chi connectivity index (χ3v) is 2.45. The molecule has 3 heteroatoms. The molecule has 1 rings (SSSR count). The lowest BCUT2D eigenvalue weighted by molar-refractivity contribution is 0.101. The van der Waals surface area contributed by atoms with Crippen LogP contribution in [0.15, 0.2) is 24.8 Å². The van der Waals surface area contributed by atoms with Gasteiger partial charge in [-0.2, -0.15) is 0 Å². The summed E-state index contributed by atoms with van der Waals surface area (Å²) in [5.41, 5.74) is 0.778. The first kappa shape index (κ1) is 13.4. The van der Waals surface area contributed by atoms with Crippen LogP contribution in [0, 0.1) is 12.7 Å². The lowest BCUT2D eigenvalue weighted by Crippen LogP contribution is -2.04. The molecule has 92 valence electrons. The van der Waals surface area contributed by atoms with Crippen molar-refractivity contribution in [2.24, 2.45) is 0 Å². The minimum Gasteiger partial charge on any atom is -0.493 e. The Balaban J connectivity index is 2.85. The number of rotatable bonds is 6. The first-order valence-electron chi connectivity index (χ1n) is 5.61. The second-order valence-corrected chi connectivity index (χ2v) is 3.93. The Morgan fingerprint density at radius 2 is 2.24 bits per heavy atom. The monoisotopic (exact) mass is 236 g/mol. The molecule has 0 saturated carbocycles. The highest BCUT2D eigenvalue weighted by atomic mass is 19.1. The zero-order valence-electron chi connectivity index (χ0n) is 10.3. The molecule has 1 aromatic carbocycles. The van der Waals surface area contributed by atoms with Crippen LogP contribution >= 0.6 is 0 Å². The van der Waals surface area contributed by atoms with Crippen molar-refractivity contribution in [3.8, 4) is 5.75 Å². The minimum atomic E-state index is -0.381. The van der Waals surface area contributed by atoms with Crippen molar-refractivity contribution in [1.29, 1.82) is 0 Å². The van der Waals surface area contributed by atoms with Crippen molar-refractivity contribution in [2.45, 2.75) is 26.7 Å². The molecule has 0 amide bonds. The van der Waals surface area contributed by atoms with Crippen LogP contribution in [0.25, 0.3) is 0 Å². The Hall–Kier alpha value is -1.64. The molecule has 0 unspecified atom stereocenters. The predicted molar refractivity (Wildman–Crippen MR) is 66.1 cm³/mol. The van der Waals surface area contributed by atoms with Crippen LogP contribution in [-0.2, 0) is 0 Å². The zero-order chi connectivity index (χ0) is 12.8. The third kappa shape index (κ3) is 3.70. The molecule has 0 spiro atoms. The molecule has 1 aromatic rings. The van der Waals surface area contributed by atoms with E-state index in [2.05, 4.69) is 6.58 Å². The molecule has 0 aliphatic rings. The molecule has 2 nitrogen and oxygen atoms in total. The summed E-state index contributed by atoms with van der Waals surface area (Å²) in [6.45, 7) is 7.17. The Morgan fingerprint density at radius 3 is 2.82 bits per heavy atom. The van der Waals surface area contributed by atoms with Crippen LogP contribution in [0.4, 0.5) is 4.39 Å². The Labute approximate surface area is 101 Å². The molecule has 0 atom stereocenters. The SMILES string of the molecule is C=CCCCOc1cc(C)c(F)cc1C(C)=O. The van der Waals surface area contributed by atoms with Gasteiger partial charge in [-0.15, -0.1) is 6.58 Å². The summed E-state index contributed by atoms with van der Waals surface area (Å²) in [4.78, 5) is 11.4. The summed E-state index contributed by atoms with van der Waals surface area (Å²) in [5.74, 6) is -0.114. The number of hydrogen-bond donors (Lipinski definition) is 0. The summed E-state index contributed by atoms with van der Waals surface area (Å²) in [6.07, 6.45) is 3.50. The lowest BCUT2D eigenvalue weighted by atomic mass is 10.1. The van der Waals surface area contributed by atoms with Gasteiger partial charge in [0.05, 0.1) is 12.2 Å². The van der Waals surface area contributed by atoms with E-state index in [0.717, 1.165) is 12.8 Å². The maximum absolute atomic E-state index is 13.3. The molecule has 0 fully saturated rings. The van der Waals surface area contributed by atoms with Gasteiger partial charge in [0.15, 0.2) is 5.78 Å². The fraction of sp³-hybridized carbons (Fsp3) is 0.357. The van der Waals surface area contributed by atoms with Crippen molar-refractivity contribution in [3.63, 3.8) is 0 Å². The standard InChI is InChI=1S/C14H17FO2/c1-4-5-6-7-17-14-8-10(2)13(15)9-12(14)11(3)16/h4,8-9H,1,5-7H2,2-3H3. The number of ether oxygens (including phenoxy) is 1. The molecule has 0 saturated heterocycles. The van der Waals surface area contributed by atoms with Crippen molar-refractivity contribution in [2.75, 3.05) is 6.61 Å². The summed E-state index contributed by atoms with van der Waals surface area (Å²) >= 11 is 0. The number of carbonyl (C=O) groups excluding carboxylic acids is 1. The maximum Gasteiger partial charge on any atom is 0.163 e. The van der Waals surface area contributed by atoms with Crippen molar-refractivity contribution >= 4 is 5.78 Å². The number of allylic oxidation sites excluding steroid dienone is 1. The van der Waals surface area contributed by atoms with E-state index in [9.17, 15) is 9.18 Å². The molecular formula is C14H17FO2. The first-order chi connectivity index (χ1) is 8.06. The number of benzene rings is 1. The van der Waals surface area contributed by atoms with E-state index >= 15 is 0 Å². The van der Waals surface area contributed by atoms with Gasteiger partial charge in [0.25, 0.3) is 0 Å². The fourth-order valence-corrected chi connectivity index (χ4v) is 1.46. The number of carbonyl (C=O) groups is 1. The Bertz CT molecular complexity index is 424. The third-order valence-electron chi connectivity index (χ3n) is 2.45. The van der Waals surface area contributed by atoms with Gasteiger partial charge in [-0.1, -0.05) is 6.08 Å². The van der Waals surface area contributed by atoms with E-state index in [-0.39, 0.29) is 11.6 Å². The molecule has 0 radical (unpaired) electrons. The van der Waals surface area contributed by atoms with Gasteiger partial charge >= 0.3 is 0 Å². The van der Waals surface area contributed by atoms with Crippen molar-refractivity contribution in [1.82, 2.24) is 0 Å². The molecule has 0 aliphatic carbocycles. The minimum absolute atomic E-state index is 0.192. The second kappa shape index (κ2) is 6.18. The largest absolute Gasteiger partial charge is 0.493 e. The molecule has 17 heavy (non-hydrogen) atoms. The zero-order valence-corrected chi connectivity index (χ0v) is 10.3. The lowest BCUT2D eigenvalue weighted by Gasteiger charge is -2.11. The number of hydrogen-bond acceptors (Lipinski definition) is 2. The van der Waals surface area contributed by atoms with Crippen LogP contribution in [0.2, 0.25) is 0 Å². The molecule has 0 N–H and O–H groups in total. The summed E-state index contributed by atoms with van der Waals surface area (Å²) < 4.78 is 18.8. The van der Waals surface area contributed by atoms with E-state index in [4.69, 9.17) is 4.74 Å². The van der Waals surface area contributed by atoms with Gasteiger partial charge < -0.3 is 4.74 Å². The van der Waals surface area contributed by atoms with Crippen LogP contribution in [-0.4, -0.2) is 12.4 Å². The number of halogens is 1. The molecule has 0 aromatic heterocycles. The Morgan fingerprint density at radius 1 is 1.53 bits per heavy atom. The van der Waals surface area contributed by atoms with E-state index in [1.54, 1.807) is 13.0 Å². The highest BCUT2D eigenvalue weighted by molar-refractivity contribution is 5.96. The normalized spacial score (nSPS) is 10.1. The second-order valence-electron chi connectivity index (χ2n) is 3.93. The van der Waals surface area contributed by atoms with Gasteiger partial charge in [0.2, 0.25) is 0 Å². The van der Waals surface area contributed by atoms with Gasteiger partial charge in [0, 0.05) is 0 Å². The fourth-order valence-electron chi connectivity index (χ4n) is 1.46. The first-order valence-corrected chi connectivity index (χ1v) is 5.61. The molecule has 0 heterocycles. The van der Waals surface area contributed by atoms with E-state index in [1.165, 1.54) is 13.0 Å². The average Bonchev–Trinajstić information content (AvgIpc) is 2.28. The van der Waals surface area contributed by atoms with Crippen LogP contribution in [0.5, 0.6) is 5.75 Å². The maximum atomic E-state index is 13.3. The number of Topliss-reactive ketones (excluding diaryl/α,β-unsaturated/α-hetero) is 1.